The number of likely N-dealkylation sites (tertiary alicyclic amines) is 1. The normalized spacial score (nSPS) is 18.2. The van der Waals surface area contributed by atoms with Crippen molar-refractivity contribution in [2.75, 3.05) is 19.6 Å². The standard InChI is InChI=1S/C18H30N4.HI/c1-4-15(5-2)16-10-12-22(14-16)18(19-6-3)21-13-17-9-7-8-11-20-17;/h7-9,11,15-16H,4-6,10,12-14H2,1-3H3,(H,19,21);1H. The van der Waals surface area contributed by atoms with Crippen LogP contribution in [-0.2, 0) is 6.54 Å². The fourth-order valence-electron chi connectivity index (χ4n) is 3.39. The number of hydrogen-bond acceptors (Lipinski definition) is 2. The molecule has 1 fully saturated rings. The molecule has 1 saturated heterocycles. The van der Waals surface area contributed by atoms with E-state index < -0.39 is 0 Å². The van der Waals surface area contributed by atoms with Gasteiger partial charge in [-0.05, 0) is 37.3 Å². The van der Waals surface area contributed by atoms with Gasteiger partial charge < -0.3 is 10.2 Å². The molecule has 23 heavy (non-hydrogen) atoms. The number of aliphatic imine (C=N–C) groups is 1. The van der Waals surface area contributed by atoms with Crippen molar-refractivity contribution in [1.82, 2.24) is 15.2 Å². The van der Waals surface area contributed by atoms with Crippen molar-refractivity contribution in [3.05, 3.63) is 30.1 Å². The van der Waals surface area contributed by atoms with Gasteiger partial charge in [-0.15, -0.1) is 24.0 Å². The smallest absolute Gasteiger partial charge is 0.194 e. The highest BCUT2D eigenvalue weighted by Crippen LogP contribution is 2.28. The summed E-state index contributed by atoms with van der Waals surface area (Å²) in [5.41, 5.74) is 1.02. The molecule has 4 nitrogen and oxygen atoms in total. The van der Waals surface area contributed by atoms with Gasteiger partial charge in [-0.25, -0.2) is 4.99 Å². The molecule has 0 saturated carbocycles. The van der Waals surface area contributed by atoms with Crippen LogP contribution in [0.5, 0.6) is 0 Å². The number of nitrogens with one attached hydrogen (secondary N) is 1. The zero-order valence-corrected chi connectivity index (χ0v) is 17.0. The van der Waals surface area contributed by atoms with Crippen molar-refractivity contribution in [3.8, 4) is 0 Å². The van der Waals surface area contributed by atoms with Gasteiger partial charge in [0.2, 0.25) is 0 Å². The van der Waals surface area contributed by atoms with E-state index in [1.165, 1.54) is 19.3 Å². The van der Waals surface area contributed by atoms with Crippen LogP contribution in [0.15, 0.2) is 29.4 Å². The fraction of sp³-hybridized carbons (Fsp3) is 0.667. The van der Waals surface area contributed by atoms with Crippen LogP contribution in [-0.4, -0.2) is 35.5 Å². The average molecular weight is 430 g/mol. The largest absolute Gasteiger partial charge is 0.357 e. The Morgan fingerprint density at radius 1 is 1.35 bits per heavy atom. The Morgan fingerprint density at radius 3 is 2.74 bits per heavy atom. The van der Waals surface area contributed by atoms with Gasteiger partial charge >= 0.3 is 0 Å². The molecule has 1 N–H and O–H groups in total. The predicted molar refractivity (Wildman–Crippen MR) is 108 cm³/mol. The monoisotopic (exact) mass is 430 g/mol. The van der Waals surface area contributed by atoms with Crippen LogP contribution < -0.4 is 5.32 Å². The van der Waals surface area contributed by atoms with Crippen molar-refractivity contribution in [2.45, 2.75) is 46.6 Å². The fourth-order valence-corrected chi connectivity index (χ4v) is 3.39. The number of halogens is 1. The number of aromatic nitrogens is 1. The minimum absolute atomic E-state index is 0. The first-order chi connectivity index (χ1) is 10.8. The van der Waals surface area contributed by atoms with Gasteiger partial charge in [0.05, 0.1) is 12.2 Å². The summed E-state index contributed by atoms with van der Waals surface area (Å²) in [4.78, 5) is 11.6. The second-order valence-electron chi connectivity index (χ2n) is 6.06. The van der Waals surface area contributed by atoms with Crippen molar-refractivity contribution in [3.63, 3.8) is 0 Å². The summed E-state index contributed by atoms with van der Waals surface area (Å²) < 4.78 is 0. The van der Waals surface area contributed by atoms with E-state index in [-0.39, 0.29) is 24.0 Å². The molecule has 1 aromatic heterocycles. The number of nitrogens with zero attached hydrogens (tertiary/aromatic N) is 3. The second kappa shape index (κ2) is 10.8. The van der Waals surface area contributed by atoms with Crippen LogP contribution in [0.2, 0.25) is 0 Å². The Labute approximate surface area is 158 Å². The summed E-state index contributed by atoms with van der Waals surface area (Å²) in [6.07, 6.45) is 5.70. The van der Waals surface area contributed by atoms with Gasteiger partial charge in [0.25, 0.3) is 0 Å². The summed E-state index contributed by atoms with van der Waals surface area (Å²) in [5, 5.41) is 3.44. The lowest BCUT2D eigenvalue weighted by Crippen LogP contribution is -2.40. The molecule has 130 valence electrons. The number of rotatable bonds is 6. The third-order valence-electron chi connectivity index (χ3n) is 4.69. The summed E-state index contributed by atoms with van der Waals surface area (Å²) in [6.45, 7) is 10.6. The Morgan fingerprint density at radius 2 is 2.13 bits per heavy atom. The lowest BCUT2D eigenvalue weighted by molar-refractivity contribution is 0.319. The van der Waals surface area contributed by atoms with Gasteiger partial charge in [0.1, 0.15) is 0 Å². The van der Waals surface area contributed by atoms with Crippen LogP contribution in [0.3, 0.4) is 0 Å². The molecule has 1 aliphatic rings. The van der Waals surface area contributed by atoms with Crippen molar-refractivity contribution in [1.29, 1.82) is 0 Å². The summed E-state index contributed by atoms with van der Waals surface area (Å²) in [6, 6.07) is 5.99. The summed E-state index contributed by atoms with van der Waals surface area (Å²) in [7, 11) is 0. The van der Waals surface area contributed by atoms with E-state index >= 15 is 0 Å². The Hall–Kier alpha value is -0.850. The Bertz CT molecular complexity index is 459. The number of pyridine rings is 1. The van der Waals surface area contributed by atoms with Gasteiger partial charge in [0.15, 0.2) is 5.96 Å². The minimum Gasteiger partial charge on any atom is -0.357 e. The van der Waals surface area contributed by atoms with Gasteiger partial charge in [-0.2, -0.15) is 0 Å². The van der Waals surface area contributed by atoms with Crippen molar-refractivity contribution in [2.24, 2.45) is 16.8 Å². The van der Waals surface area contributed by atoms with Gasteiger partial charge in [-0.1, -0.05) is 32.8 Å². The molecule has 0 aliphatic carbocycles. The van der Waals surface area contributed by atoms with Gasteiger partial charge in [-0.3, -0.25) is 4.98 Å². The Kier molecular flexibility index (Phi) is 9.52. The van der Waals surface area contributed by atoms with Crippen LogP contribution >= 0.6 is 24.0 Å². The van der Waals surface area contributed by atoms with E-state index in [4.69, 9.17) is 4.99 Å². The maximum Gasteiger partial charge on any atom is 0.194 e. The van der Waals surface area contributed by atoms with Crippen LogP contribution in [0.4, 0.5) is 0 Å². The van der Waals surface area contributed by atoms with E-state index in [1.54, 1.807) is 0 Å². The molecule has 5 heteroatoms. The van der Waals surface area contributed by atoms with Crippen molar-refractivity contribution < 1.29 is 0 Å². The minimum atomic E-state index is 0. The van der Waals surface area contributed by atoms with Crippen LogP contribution in [0, 0.1) is 11.8 Å². The lowest BCUT2D eigenvalue weighted by atomic mass is 9.87. The highest BCUT2D eigenvalue weighted by Gasteiger charge is 2.29. The third kappa shape index (κ3) is 5.94. The lowest BCUT2D eigenvalue weighted by Gasteiger charge is -2.24. The first kappa shape index (κ1) is 20.2. The average Bonchev–Trinajstić information content (AvgIpc) is 3.03. The molecule has 0 aromatic carbocycles. The molecule has 0 bridgehead atoms. The quantitative estimate of drug-likeness (QED) is 0.423. The maximum atomic E-state index is 4.78. The van der Waals surface area contributed by atoms with E-state index in [0.29, 0.717) is 6.54 Å². The zero-order valence-electron chi connectivity index (χ0n) is 14.7. The molecule has 0 radical (unpaired) electrons. The first-order valence-corrected chi connectivity index (χ1v) is 8.71. The maximum absolute atomic E-state index is 4.78. The number of guanidine groups is 1. The molecule has 1 aliphatic heterocycles. The molecule has 1 unspecified atom stereocenters. The molecular formula is C18H31IN4. The van der Waals surface area contributed by atoms with Crippen LogP contribution in [0.1, 0.15) is 45.7 Å². The molecule has 0 spiro atoms. The SMILES string of the molecule is CCNC(=NCc1ccccn1)N1CCC(C(CC)CC)C1.I. The highest BCUT2D eigenvalue weighted by molar-refractivity contribution is 14.0. The summed E-state index contributed by atoms with van der Waals surface area (Å²) in [5.74, 6) is 2.71. The van der Waals surface area contributed by atoms with E-state index in [1.807, 2.05) is 24.4 Å². The topological polar surface area (TPSA) is 40.5 Å². The van der Waals surface area contributed by atoms with E-state index in [0.717, 1.165) is 43.1 Å². The summed E-state index contributed by atoms with van der Waals surface area (Å²) >= 11 is 0. The molecular weight excluding hydrogens is 399 g/mol. The highest BCUT2D eigenvalue weighted by atomic mass is 127. The van der Waals surface area contributed by atoms with E-state index in [2.05, 4.69) is 36.0 Å². The zero-order chi connectivity index (χ0) is 15.8. The predicted octanol–water partition coefficient (Wildman–Crippen LogP) is 3.92. The van der Waals surface area contributed by atoms with Crippen LogP contribution in [0.25, 0.3) is 0 Å². The molecule has 2 rings (SSSR count). The first-order valence-electron chi connectivity index (χ1n) is 8.71. The third-order valence-corrected chi connectivity index (χ3v) is 4.69. The molecule has 1 aromatic rings. The second-order valence-corrected chi connectivity index (χ2v) is 6.06. The molecule has 0 amide bonds. The van der Waals surface area contributed by atoms with E-state index in [9.17, 15) is 0 Å². The molecule has 1 atom stereocenters. The van der Waals surface area contributed by atoms with Gasteiger partial charge in [0, 0.05) is 25.8 Å². The number of hydrogen-bond donors (Lipinski definition) is 1. The Balaban J connectivity index is 0.00000264. The molecule has 2 heterocycles. The van der Waals surface area contributed by atoms with Crippen molar-refractivity contribution >= 4 is 29.9 Å².